The minimum Gasteiger partial charge on any atom is -0.385 e. The van der Waals surface area contributed by atoms with Crippen LogP contribution in [0.5, 0.6) is 0 Å². The molecule has 3 unspecified atom stereocenters. The van der Waals surface area contributed by atoms with E-state index in [0.717, 1.165) is 0 Å². The predicted molar refractivity (Wildman–Crippen MR) is 33.4 cm³/mol. The van der Waals surface area contributed by atoms with Gasteiger partial charge in [0.25, 0.3) is 0 Å². The van der Waals surface area contributed by atoms with Crippen LogP contribution >= 0.6 is 0 Å². The Kier molecular flexibility index (Phi) is 2.62. The maximum absolute atomic E-state index is 9.14. The van der Waals surface area contributed by atoms with Crippen molar-refractivity contribution in [2.45, 2.75) is 24.9 Å². The Morgan fingerprint density at radius 3 is 2.70 bits per heavy atom. The van der Waals surface area contributed by atoms with E-state index in [2.05, 4.69) is 0 Å². The van der Waals surface area contributed by atoms with Crippen molar-refractivity contribution in [2.24, 2.45) is 0 Å². The van der Waals surface area contributed by atoms with Gasteiger partial charge in [-0.1, -0.05) is 0 Å². The van der Waals surface area contributed by atoms with E-state index in [-0.39, 0.29) is 6.10 Å². The summed E-state index contributed by atoms with van der Waals surface area (Å²) in [6, 6.07) is 0. The molecule has 0 spiro atoms. The zero-order valence-corrected chi connectivity index (χ0v) is 5.86. The average molecular weight is 148 g/mol. The summed E-state index contributed by atoms with van der Waals surface area (Å²) in [5, 5.41) is 18.1. The van der Waals surface area contributed by atoms with Gasteiger partial charge in [-0.2, -0.15) is 0 Å². The standard InChI is InChI=1S/C6H12O4/c1-9-4-2-3-10-6(8)5(4)7/h4-8H,2-3H2,1H3. The van der Waals surface area contributed by atoms with E-state index in [0.29, 0.717) is 13.0 Å². The van der Waals surface area contributed by atoms with E-state index in [1.54, 1.807) is 0 Å². The minimum absolute atomic E-state index is 0.288. The number of aliphatic hydroxyl groups is 2. The predicted octanol–water partition coefficient (Wildman–Crippen LogP) is -0.899. The first-order valence-electron chi connectivity index (χ1n) is 3.26. The molecule has 0 amide bonds. The van der Waals surface area contributed by atoms with Crippen molar-refractivity contribution in [3.8, 4) is 0 Å². The number of rotatable bonds is 1. The normalized spacial score (nSPS) is 41.7. The van der Waals surface area contributed by atoms with E-state index >= 15 is 0 Å². The Hall–Kier alpha value is -0.160. The SMILES string of the molecule is COC1CCOC(O)C1O. The highest BCUT2D eigenvalue weighted by atomic mass is 16.6. The lowest BCUT2D eigenvalue weighted by Crippen LogP contribution is -2.45. The molecule has 0 aromatic carbocycles. The van der Waals surface area contributed by atoms with E-state index in [1.165, 1.54) is 7.11 Å². The van der Waals surface area contributed by atoms with Crippen LogP contribution in [-0.2, 0) is 9.47 Å². The number of hydrogen-bond acceptors (Lipinski definition) is 4. The molecule has 0 bridgehead atoms. The monoisotopic (exact) mass is 148 g/mol. The third-order valence-corrected chi connectivity index (χ3v) is 1.67. The maximum Gasteiger partial charge on any atom is 0.183 e. The van der Waals surface area contributed by atoms with Gasteiger partial charge in [-0.25, -0.2) is 0 Å². The smallest absolute Gasteiger partial charge is 0.183 e. The van der Waals surface area contributed by atoms with Crippen LogP contribution < -0.4 is 0 Å². The summed E-state index contributed by atoms with van der Waals surface area (Å²) >= 11 is 0. The number of aliphatic hydroxyl groups excluding tert-OH is 2. The molecule has 3 atom stereocenters. The van der Waals surface area contributed by atoms with E-state index < -0.39 is 12.4 Å². The molecule has 2 N–H and O–H groups in total. The van der Waals surface area contributed by atoms with E-state index in [9.17, 15) is 0 Å². The van der Waals surface area contributed by atoms with Crippen LogP contribution in [0.3, 0.4) is 0 Å². The van der Waals surface area contributed by atoms with Crippen molar-refractivity contribution < 1.29 is 19.7 Å². The van der Waals surface area contributed by atoms with Crippen LogP contribution in [0.1, 0.15) is 6.42 Å². The summed E-state index contributed by atoms with van der Waals surface area (Å²) in [5.41, 5.74) is 0. The first-order valence-corrected chi connectivity index (χ1v) is 3.26. The summed E-state index contributed by atoms with van der Waals surface area (Å²) in [5.74, 6) is 0. The van der Waals surface area contributed by atoms with Gasteiger partial charge in [0, 0.05) is 7.11 Å². The number of methoxy groups -OCH3 is 1. The molecule has 4 nitrogen and oxygen atoms in total. The summed E-state index contributed by atoms with van der Waals surface area (Å²) in [6.45, 7) is 0.441. The molecular weight excluding hydrogens is 136 g/mol. The number of hydrogen-bond donors (Lipinski definition) is 2. The molecule has 1 aliphatic rings. The van der Waals surface area contributed by atoms with Gasteiger partial charge in [-0.05, 0) is 6.42 Å². The molecule has 1 rings (SSSR count). The Labute approximate surface area is 59.4 Å². The Morgan fingerprint density at radius 2 is 2.20 bits per heavy atom. The van der Waals surface area contributed by atoms with E-state index in [1.807, 2.05) is 0 Å². The fourth-order valence-electron chi connectivity index (χ4n) is 1.02. The fourth-order valence-corrected chi connectivity index (χ4v) is 1.02. The van der Waals surface area contributed by atoms with Crippen molar-refractivity contribution in [3.63, 3.8) is 0 Å². The van der Waals surface area contributed by atoms with Crippen molar-refractivity contribution >= 4 is 0 Å². The van der Waals surface area contributed by atoms with Crippen LogP contribution in [0.25, 0.3) is 0 Å². The van der Waals surface area contributed by atoms with Crippen LogP contribution in [0.2, 0.25) is 0 Å². The van der Waals surface area contributed by atoms with Crippen LogP contribution in [0, 0.1) is 0 Å². The molecule has 1 aliphatic heterocycles. The first-order chi connectivity index (χ1) is 4.75. The summed E-state index contributed by atoms with van der Waals surface area (Å²) in [4.78, 5) is 0. The zero-order valence-electron chi connectivity index (χ0n) is 5.86. The largest absolute Gasteiger partial charge is 0.385 e. The highest BCUT2D eigenvalue weighted by Gasteiger charge is 2.30. The van der Waals surface area contributed by atoms with Crippen LogP contribution in [0.4, 0.5) is 0 Å². The van der Waals surface area contributed by atoms with Gasteiger partial charge >= 0.3 is 0 Å². The number of ether oxygens (including phenoxy) is 2. The highest BCUT2D eigenvalue weighted by molar-refractivity contribution is 4.75. The second kappa shape index (κ2) is 3.30. The second-order valence-corrected chi connectivity index (χ2v) is 2.31. The molecule has 0 aromatic heterocycles. The quantitative estimate of drug-likeness (QED) is 0.506. The Morgan fingerprint density at radius 1 is 1.50 bits per heavy atom. The maximum atomic E-state index is 9.14. The topological polar surface area (TPSA) is 58.9 Å². The minimum atomic E-state index is -1.08. The summed E-state index contributed by atoms with van der Waals surface area (Å²) in [7, 11) is 1.51. The van der Waals surface area contributed by atoms with Crippen LogP contribution in [0.15, 0.2) is 0 Å². The van der Waals surface area contributed by atoms with Gasteiger partial charge in [-0.15, -0.1) is 0 Å². The Balaban J connectivity index is 2.42. The lowest BCUT2D eigenvalue weighted by atomic mass is 10.1. The molecule has 10 heavy (non-hydrogen) atoms. The van der Waals surface area contributed by atoms with Crippen molar-refractivity contribution in [1.82, 2.24) is 0 Å². The second-order valence-electron chi connectivity index (χ2n) is 2.31. The fraction of sp³-hybridized carbons (Fsp3) is 1.00. The van der Waals surface area contributed by atoms with Gasteiger partial charge in [0.2, 0.25) is 0 Å². The molecule has 0 radical (unpaired) electrons. The third-order valence-electron chi connectivity index (χ3n) is 1.67. The molecule has 0 aromatic rings. The molecular formula is C6H12O4. The molecule has 0 saturated carbocycles. The summed E-state index contributed by atoms with van der Waals surface area (Å²) < 4.78 is 9.63. The Bertz CT molecular complexity index is 106. The molecule has 4 heteroatoms. The lowest BCUT2D eigenvalue weighted by Gasteiger charge is -2.30. The van der Waals surface area contributed by atoms with Gasteiger partial charge in [0.15, 0.2) is 6.29 Å². The van der Waals surface area contributed by atoms with Gasteiger partial charge in [0.1, 0.15) is 6.10 Å². The van der Waals surface area contributed by atoms with Gasteiger partial charge in [0.05, 0.1) is 12.7 Å². The molecule has 1 heterocycles. The molecule has 60 valence electrons. The molecule has 1 fully saturated rings. The molecule has 1 saturated heterocycles. The summed E-state index contributed by atoms with van der Waals surface area (Å²) in [6.07, 6.45) is -1.64. The van der Waals surface area contributed by atoms with Crippen molar-refractivity contribution in [3.05, 3.63) is 0 Å². The average Bonchev–Trinajstić information content (AvgIpc) is 1.95. The van der Waals surface area contributed by atoms with Crippen molar-refractivity contribution in [2.75, 3.05) is 13.7 Å². The third kappa shape index (κ3) is 1.46. The van der Waals surface area contributed by atoms with Crippen LogP contribution in [-0.4, -0.2) is 42.4 Å². The lowest BCUT2D eigenvalue weighted by molar-refractivity contribution is -0.224. The van der Waals surface area contributed by atoms with E-state index in [4.69, 9.17) is 19.7 Å². The van der Waals surface area contributed by atoms with Crippen molar-refractivity contribution in [1.29, 1.82) is 0 Å². The highest BCUT2D eigenvalue weighted by Crippen LogP contribution is 2.14. The van der Waals surface area contributed by atoms with Gasteiger partial charge < -0.3 is 19.7 Å². The zero-order chi connectivity index (χ0) is 7.56. The van der Waals surface area contributed by atoms with Gasteiger partial charge in [-0.3, -0.25) is 0 Å². The molecule has 0 aliphatic carbocycles. The first kappa shape index (κ1) is 7.94.